The fraction of sp³-hybridized carbons (Fsp3) is 0.250. The predicted molar refractivity (Wildman–Crippen MR) is 136 cm³/mol. The Balaban J connectivity index is 1.30. The van der Waals surface area contributed by atoms with Crippen molar-refractivity contribution in [3.63, 3.8) is 0 Å². The standard InChI is InChI=1S/C28H26N2O5S/c31-21-17-36-27-23(29-22(32)16-18-10-4-1-5-11-18)26(33)30(27)24(21)28(34)35-25(19-12-6-2-7-13-19)20-14-8-3-9-15-20/h1-15,21,23-25,27,31H,16-17H2,(H,29,32)/t21-,23-,24-,27-/m1/s1. The largest absolute Gasteiger partial charge is 0.451 e. The number of fused-ring (bicyclic) bond motifs is 1. The molecule has 2 saturated heterocycles. The first-order valence-corrected chi connectivity index (χ1v) is 12.8. The van der Waals surface area contributed by atoms with Gasteiger partial charge in [-0.1, -0.05) is 91.0 Å². The van der Waals surface area contributed by atoms with E-state index in [2.05, 4.69) is 5.32 Å². The summed E-state index contributed by atoms with van der Waals surface area (Å²) in [7, 11) is 0. The fourth-order valence-corrected chi connectivity index (χ4v) is 5.96. The van der Waals surface area contributed by atoms with Gasteiger partial charge < -0.3 is 20.1 Å². The van der Waals surface area contributed by atoms with Crippen LogP contribution in [0.1, 0.15) is 22.8 Å². The number of carbonyl (C=O) groups excluding carboxylic acids is 3. The number of nitrogens with zero attached hydrogens (tertiary/aromatic N) is 1. The summed E-state index contributed by atoms with van der Waals surface area (Å²) >= 11 is 1.35. The van der Waals surface area contributed by atoms with Crippen LogP contribution in [0, 0.1) is 0 Å². The van der Waals surface area contributed by atoms with Gasteiger partial charge in [0, 0.05) is 5.75 Å². The van der Waals surface area contributed by atoms with Crippen LogP contribution in [0.2, 0.25) is 0 Å². The summed E-state index contributed by atoms with van der Waals surface area (Å²) in [6.45, 7) is 0. The number of aliphatic hydroxyl groups excluding tert-OH is 1. The Kier molecular flexibility index (Phi) is 7.06. The number of carbonyl (C=O) groups is 3. The summed E-state index contributed by atoms with van der Waals surface area (Å²) in [5.74, 6) is -1.09. The molecule has 2 N–H and O–H groups in total. The number of nitrogens with one attached hydrogen (secondary N) is 1. The molecule has 184 valence electrons. The molecule has 5 rings (SSSR count). The van der Waals surface area contributed by atoms with Crippen LogP contribution in [0.4, 0.5) is 0 Å². The number of rotatable bonds is 7. The highest BCUT2D eigenvalue weighted by Crippen LogP contribution is 2.39. The van der Waals surface area contributed by atoms with Gasteiger partial charge in [-0.05, 0) is 16.7 Å². The van der Waals surface area contributed by atoms with E-state index in [-0.39, 0.29) is 18.1 Å². The van der Waals surface area contributed by atoms with Gasteiger partial charge in [0.15, 0.2) is 12.1 Å². The Morgan fingerprint density at radius 2 is 1.50 bits per heavy atom. The van der Waals surface area contributed by atoms with Crippen molar-refractivity contribution in [2.75, 3.05) is 5.75 Å². The van der Waals surface area contributed by atoms with Gasteiger partial charge >= 0.3 is 5.97 Å². The average Bonchev–Trinajstić information content (AvgIpc) is 2.91. The molecule has 0 aliphatic carbocycles. The zero-order chi connectivity index (χ0) is 25.1. The number of amides is 2. The molecule has 2 fully saturated rings. The van der Waals surface area contributed by atoms with Crippen LogP contribution >= 0.6 is 11.8 Å². The average molecular weight is 503 g/mol. The zero-order valence-electron chi connectivity index (χ0n) is 19.4. The van der Waals surface area contributed by atoms with E-state index < -0.39 is 41.5 Å². The summed E-state index contributed by atoms with van der Waals surface area (Å²) in [4.78, 5) is 40.3. The minimum Gasteiger partial charge on any atom is -0.451 e. The van der Waals surface area contributed by atoms with Crippen LogP contribution in [0.3, 0.4) is 0 Å². The second-order valence-corrected chi connectivity index (χ2v) is 9.98. The number of esters is 1. The summed E-state index contributed by atoms with van der Waals surface area (Å²) < 4.78 is 5.94. The van der Waals surface area contributed by atoms with Crippen LogP contribution in [0.15, 0.2) is 91.0 Å². The Morgan fingerprint density at radius 3 is 2.08 bits per heavy atom. The molecule has 4 atom stereocenters. The summed E-state index contributed by atoms with van der Waals surface area (Å²) in [5.41, 5.74) is 2.42. The van der Waals surface area contributed by atoms with Crippen molar-refractivity contribution in [2.24, 2.45) is 0 Å². The molecule has 2 aliphatic rings. The first kappa shape index (κ1) is 24.1. The molecule has 0 spiro atoms. The van der Waals surface area contributed by atoms with E-state index in [4.69, 9.17) is 4.74 Å². The third-order valence-corrected chi connectivity index (χ3v) is 7.76. The van der Waals surface area contributed by atoms with E-state index in [1.165, 1.54) is 16.7 Å². The Labute approximate surface area is 213 Å². The van der Waals surface area contributed by atoms with E-state index in [1.54, 1.807) is 0 Å². The molecule has 0 aromatic heterocycles. The van der Waals surface area contributed by atoms with Gasteiger partial charge in [0.05, 0.1) is 12.5 Å². The van der Waals surface area contributed by atoms with Crippen LogP contribution in [-0.4, -0.2) is 57.1 Å². The molecule has 0 bridgehead atoms. The van der Waals surface area contributed by atoms with Gasteiger partial charge in [-0.2, -0.15) is 0 Å². The molecule has 2 amide bonds. The highest BCUT2D eigenvalue weighted by atomic mass is 32.2. The van der Waals surface area contributed by atoms with Crippen LogP contribution in [0.5, 0.6) is 0 Å². The lowest BCUT2D eigenvalue weighted by Gasteiger charge is -2.53. The molecular weight excluding hydrogens is 476 g/mol. The fourth-order valence-electron chi connectivity index (χ4n) is 4.61. The lowest BCUT2D eigenvalue weighted by atomic mass is 9.98. The molecule has 2 heterocycles. The van der Waals surface area contributed by atoms with Crippen molar-refractivity contribution in [3.05, 3.63) is 108 Å². The van der Waals surface area contributed by atoms with E-state index in [0.717, 1.165) is 16.7 Å². The third kappa shape index (κ3) is 4.87. The maximum Gasteiger partial charge on any atom is 0.332 e. The second kappa shape index (κ2) is 10.6. The van der Waals surface area contributed by atoms with Crippen LogP contribution in [-0.2, 0) is 25.5 Å². The van der Waals surface area contributed by atoms with Gasteiger partial charge in [-0.25, -0.2) is 4.79 Å². The highest BCUT2D eigenvalue weighted by molar-refractivity contribution is 8.00. The molecule has 0 saturated carbocycles. The molecule has 36 heavy (non-hydrogen) atoms. The van der Waals surface area contributed by atoms with Gasteiger partial charge in [0.2, 0.25) is 11.8 Å². The third-order valence-electron chi connectivity index (χ3n) is 6.39. The minimum absolute atomic E-state index is 0.159. The summed E-state index contributed by atoms with van der Waals surface area (Å²) in [6.07, 6.45) is -1.60. The van der Waals surface area contributed by atoms with Crippen LogP contribution in [0.25, 0.3) is 0 Å². The Hall–Kier alpha value is -3.62. The van der Waals surface area contributed by atoms with Gasteiger partial charge in [0.1, 0.15) is 11.4 Å². The summed E-state index contributed by atoms with van der Waals surface area (Å²) in [5, 5.41) is 13.0. The number of hydrogen-bond donors (Lipinski definition) is 2. The van der Waals surface area contributed by atoms with Crippen molar-refractivity contribution in [2.45, 2.75) is 36.1 Å². The van der Waals surface area contributed by atoms with E-state index in [9.17, 15) is 19.5 Å². The van der Waals surface area contributed by atoms with E-state index >= 15 is 0 Å². The van der Waals surface area contributed by atoms with Gasteiger partial charge in [0.25, 0.3) is 0 Å². The lowest BCUT2D eigenvalue weighted by Crippen LogP contribution is -2.76. The first-order valence-electron chi connectivity index (χ1n) is 11.8. The number of thioether (sulfide) groups is 1. The predicted octanol–water partition coefficient (Wildman–Crippen LogP) is 2.69. The van der Waals surface area contributed by atoms with E-state index in [1.807, 2.05) is 91.0 Å². The monoisotopic (exact) mass is 502 g/mol. The van der Waals surface area contributed by atoms with Gasteiger partial charge in [-0.3, -0.25) is 9.59 Å². The molecule has 0 unspecified atom stereocenters. The SMILES string of the molecule is O=C(Cc1ccccc1)N[C@@H]1C(=O)N2[C@@H]1SC[C@@H](O)[C@@H]2C(=O)OC(c1ccccc1)c1ccccc1. The first-order chi connectivity index (χ1) is 17.5. The zero-order valence-corrected chi connectivity index (χ0v) is 20.2. The van der Waals surface area contributed by atoms with Crippen molar-refractivity contribution in [1.29, 1.82) is 0 Å². The second-order valence-electron chi connectivity index (χ2n) is 8.83. The molecule has 2 aliphatic heterocycles. The smallest absolute Gasteiger partial charge is 0.332 e. The molecule has 8 heteroatoms. The topological polar surface area (TPSA) is 95.9 Å². The normalized spacial score (nSPS) is 22.9. The maximum absolute atomic E-state index is 13.4. The number of aliphatic hydroxyl groups is 1. The minimum atomic E-state index is -1.14. The van der Waals surface area contributed by atoms with Crippen molar-refractivity contribution in [1.82, 2.24) is 10.2 Å². The molecule has 0 radical (unpaired) electrons. The van der Waals surface area contributed by atoms with E-state index in [0.29, 0.717) is 0 Å². The number of β-lactam (4-membered cyclic amide) rings is 1. The molecule has 3 aromatic carbocycles. The van der Waals surface area contributed by atoms with Gasteiger partial charge in [-0.15, -0.1) is 11.8 Å². The maximum atomic E-state index is 13.4. The lowest BCUT2D eigenvalue weighted by molar-refractivity contribution is -0.173. The highest BCUT2D eigenvalue weighted by Gasteiger charge is 2.58. The molecule has 3 aromatic rings. The molecular formula is C28H26N2O5S. The number of ether oxygens (including phenoxy) is 1. The summed E-state index contributed by atoms with van der Waals surface area (Å²) in [6, 6.07) is 26.1. The van der Waals surface area contributed by atoms with Crippen molar-refractivity contribution in [3.8, 4) is 0 Å². The molecule has 7 nitrogen and oxygen atoms in total. The number of benzene rings is 3. The van der Waals surface area contributed by atoms with Crippen LogP contribution < -0.4 is 5.32 Å². The quantitative estimate of drug-likeness (QED) is 0.381. The van der Waals surface area contributed by atoms with Crippen molar-refractivity contribution < 1.29 is 24.2 Å². The number of hydrogen-bond acceptors (Lipinski definition) is 6. The van der Waals surface area contributed by atoms with Crippen molar-refractivity contribution >= 4 is 29.5 Å². The Bertz CT molecular complexity index is 1180. The Morgan fingerprint density at radius 1 is 0.944 bits per heavy atom.